The van der Waals surface area contributed by atoms with Gasteiger partial charge in [0.1, 0.15) is 0 Å². The van der Waals surface area contributed by atoms with Crippen molar-refractivity contribution in [2.75, 3.05) is 25.1 Å². The van der Waals surface area contributed by atoms with E-state index in [1.165, 1.54) is 0 Å². The van der Waals surface area contributed by atoms with E-state index in [4.69, 9.17) is 4.74 Å². The Kier molecular flexibility index (Phi) is 4.74. The normalized spacial score (nSPS) is 17.0. The third-order valence-corrected chi connectivity index (χ3v) is 3.66. The number of pyridine rings is 1. The lowest BCUT2D eigenvalue weighted by Crippen LogP contribution is -2.47. The standard InChI is InChI=1S/C14H19N3O4/c1-10-2-3-11(8-15-10)17-13(20)16-9-14(12(18)19)4-6-21-7-5-14/h2-3,8H,4-7,9H2,1H3,(H,18,19)(H2,16,17,20). The van der Waals surface area contributed by atoms with Crippen LogP contribution in [-0.4, -0.2) is 41.8 Å². The Labute approximate surface area is 122 Å². The van der Waals surface area contributed by atoms with Crippen LogP contribution in [0, 0.1) is 12.3 Å². The van der Waals surface area contributed by atoms with E-state index in [1.807, 2.05) is 6.92 Å². The molecule has 21 heavy (non-hydrogen) atoms. The van der Waals surface area contributed by atoms with E-state index in [0.29, 0.717) is 31.7 Å². The van der Waals surface area contributed by atoms with Gasteiger partial charge in [-0.1, -0.05) is 0 Å². The lowest BCUT2D eigenvalue weighted by atomic mass is 9.80. The highest BCUT2D eigenvalue weighted by molar-refractivity contribution is 5.89. The van der Waals surface area contributed by atoms with Crippen molar-refractivity contribution in [3.8, 4) is 0 Å². The number of aryl methyl sites for hydroxylation is 1. The number of anilines is 1. The van der Waals surface area contributed by atoms with Crippen LogP contribution in [0.2, 0.25) is 0 Å². The number of urea groups is 1. The summed E-state index contributed by atoms with van der Waals surface area (Å²) in [6.45, 7) is 2.73. The van der Waals surface area contributed by atoms with Gasteiger partial charge in [-0.15, -0.1) is 0 Å². The molecule has 1 fully saturated rings. The van der Waals surface area contributed by atoms with Gasteiger partial charge in [0.05, 0.1) is 17.3 Å². The summed E-state index contributed by atoms with van der Waals surface area (Å²) in [6.07, 6.45) is 2.35. The molecule has 0 radical (unpaired) electrons. The Morgan fingerprint density at radius 3 is 2.67 bits per heavy atom. The second-order valence-corrected chi connectivity index (χ2v) is 5.19. The zero-order valence-electron chi connectivity index (χ0n) is 11.9. The van der Waals surface area contributed by atoms with Crippen LogP contribution in [0.4, 0.5) is 10.5 Å². The van der Waals surface area contributed by atoms with Gasteiger partial charge >= 0.3 is 12.0 Å². The molecule has 0 atom stereocenters. The lowest BCUT2D eigenvalue weighted by molar-refractivity contribution is -0.154. The second-order valence-electron chi connectivity index (χ2n) is 5.19. The summed E-state index contributed by atoms with van der Waals surface area (Å²) in [6, 6.07) is 3.09. The van der Waals surface area contributed by atoms with E-state index in [2.05, 4.69) is 15.6 Å². The first-order chi connectivity index (χ1) is 10.0. The van der Waals surface area contributed by atoms with Crippen molar-refractivity contribution in [2.24, 2.45) is 5.41 Å². The molecule has 0 aromatic carbocycles. The number of aliphatic carboxylic acids is 1. The maximum atomic E-state index is 11.8. The number of carbonyl (C=O) groups is 2. The highest BCUT2D eigenvalue weighted by Gasteiger charge is 2.40. The molecule has 2 amide bonds. The highest BCUT2D eigenvalue weighted by atomic mass is 16.5. The first-order valence-electron chi connectivity index (χ1n) is 6.80. The number of carboxylic acids is 1. The van der Waals surface area contributed by atoms with Gasteiger partial charge in [-0.3, -0.25) is 9.78 Å². The largest absolute Gasteiger partial charge is 0.481 e. The predicted molar refractivity (Wildman–Crippen MR) is 76.1 cm³/mol. The van der Waals surface area contributed by atoms with Crippen LogP contribution in [0.15, 0.2) is 18.3 Å². The van der Waals surface area contributed by atoms with Gasteiger partial charge in [0.2, 0.25) is 0 Å². The minimum absolute atomic E-state index is 0.0802. The molecule has 3 N–H and O–H groups in total. The number of aromatic nitrogens is 1. The van der Waals surface area contributed by atoms with Crippen molar-refractivity contribution >= 4 is 17.7 Å². The zero-order valence-corrected chi connectivity index (χ0v) is 11.9. The average Bonchev–Trinajstić information content (AvgIpc) is 2.48. The van der Waals surface area contributed by atoms with Crippen molar-refractivity contribution < 1.29 is 19.4 Å². The van der Waals surface area contributed by atoms with E-state index in [0.717, 1.165) is 5.69 Å². The van der Waals surface area contributed by atoms with Crippen molar-refractivity contribution in [3.63, 3.8) is 0 Å². The molecular weight excluding hydrogens is 274 g/mol. The Balaban J connectivity index is 1.90. The fourth-order valence-corrected chi connectivity index (χ4v) is 2.19. The number of ether oxygens (including phenoxy) is 1. The van der Waals surface area contributed by atoms with E-state index in [9.17, 15) is 14.7 Å². The molecule has 1 saturated heterocycles. The minimum Gasteiger partial charge on any atom is -0.481 e. The maximum absolute atomic E-state index is 11.8. The first-order valence-corrected chi connectivity index (χ1v) is 6.80. The third-order valence-electron chi connectivity index (χ3n) is 3.66. The molecule has 7 nitrogen and oxygen atoms in total. The Hall–Kier alpha value is -2.15. The quantitative estimate of drug-likeness (QED) is 0.779. The van der Waals surface area contributed by atoms with Crippen LogP contribution in [0.1, 0.15) is 18.5 Å². The van der Waals surface area contributed by atoms with E-state index in [-0.39, 0.29) is 6.54 Å². The van der Waals surface area contributed by atoms with Crippen molar-refractivity contribution in [1.29, 1.82) is 0 Å². The van der Waals surface area contributed by atoms with Crippen LogP contribution in [0.25, 0.3) is 0 Å². The van der Waals surface area contributed by atoms with Crippen molar-refractivity contribution in [3.05, 3.63) is 24.0 Å². The Morgan fingerprint density at radius 2 is 2.10 bits per heavy atom. The van der Waals surface area contributed by atoms with Crippen molar-refractivity contribution in [1.82, 2.24) is 10.3 Å². The number of amides is 2. The summed E-state index contributed by atoms with van der Waals surface area (Å²) >= 11 is 0. The third kappa shape index (κ3) is 3.91. The van der Waals surface area contributed by atoms with Gasteiger partial charge in [-0.05, 0) is 31.9 Å². The van der Waals surface area contributed by atoms with E-state index >= 15 is 0 Å². The van der Waals surface area contributed by atoms with Crippen LogP contribution in [0.5, 0.6) is 0 Å². The molecule has 2 rings (SSSR count). The lowest BCUT2D eigenvalue weighted by Gasteiger charge is -2.33. The van der Waals surface area contributed by atoms with Gasteiger partial charge in [0.15, 0.2) is 0 Å². The molecule has 7 heteroatoms. The number of nitrogens with zero attached hydrogens (tertiary/aromatic N) is 1. The highest BCUT2D eigenvalue weighted by Crippen LogP contribution is 2.30. The molecule has 0 aliphatic carbocycles. The molecule has 1 aliphatic rings. The van der Waals surface area contributed by atoms with Crippen LogP contribution in [-0.2, 0) is 9.53 Å². The number of carboxylic acid groups (broad SMARTS) is 1. The molecule has 0 unspecified atom stereocenters. The number of nitrogens with one attached hydrogen (secondary N) is 2. The monoisotopic (exact) mass is 293 g/mol. The van der Waals surface area contributed by atoms with E-state index < -0.39 is 17.4 Å². The molecule has 2 heterocycles. The number of carbonyl (C=O) groups excluding carboxylic acids is 1. The molecule has 114 valence electrons. The van der Waals surface area contributed by atoms with Gasteiger partial charge < -0.3 is 20.5 Å². The molecule has 1 aromatic heterocycles. The summed E-state index contributed by atoms with van der Waals surface area (Å²) in [4.78, 5) is 27.3. The average molecular weight is 293 g/mol. The minimum atomic E-state index is -0.943. The maximum Gasteiger partial charge on any atom is 0.319 e. The molecule has 0 spiro atoms. The summed E-state index contributed by atoms with van der Waals surface area (Å²) in [5, 5.41) is 14.6. The Bertz CT molecular complexity index is 509. The number of hydrogen-bond donors (Lipinski definition) is 3. The summed E-state index contributed by atoms with van der Waals surface area (Å²) in [5.41, 5.74) is 0.476. The van der Waals surface area contributed by atoms with Crippen LogP contribution in [0.3, 0.4) is 0 Å². The summed E-state index contributed by atoms with van der Waals surface area (Å²) in [7, 11) is 0. The fourth-order valence-electron chi connectivity index (χ4n) is 2.19. The van der Waals surface area contributed by atoms with Crippen LogP contribution >= 0.6 is 0 Å². The number of rotatable bonds is 4. The van der Waals surface area contributed by atoms with Gasteiger partial charge in [0.25, 0.3) is 0 Å². The van der Waals surface area contributed by atoms with Gasteiger partial charge in [0, 0.05) is 25.5 Å². The number of hydrogen-bond acceptors (Lipinski definition) is 4. The Morgan fingerprint density at radius 1 is 1.38 bits per heavy atom. The molecule has 1 aliphatic heterocycles. The zero-order chi connectivity index (χ0) is 15.3. The summed E-state index contributed by atoms with van der Waals surface area (Å²) in [5.74, 6) is -0.900. The molecule has 1 aromatic rings. The molecule has 0 saturated carbocycles. The molecular formula is C14H19N3O4. The predicted octanol–water partition coefficient (Wildman–Crippen LogP) is 1.39. The molecule has 0 bridgehead atoms. The van der Waals surface area contributed by atoms with E-state index in [1.54, 1.807) is 18.3 Å². The fraction of sp³-hybridized carbons (Fsp3) is 0.500. The topological polar surface area (TPSA) is 101 Å². The smallest absolute Gasteiger partial charge is 0.319 e. The first kappa shape index (κ1) is 15.2. The van der Waals surface area contributed by atoms with Crippen molar-refractivity contribution in [2.45, 2.75) is 19.8 Å². The summed E-state index contributed by atoms with van der Waals surface area (Å²) < 4.78 is 5.19. The SMILES string of the molecule is Cc1ccc(NC(=O)NCC2(C(=O)O)CCOCC2)cn1. The second kappa shape index (κ2) is 6.53. The van der Waals surface area contributed by atoms with Crippen LogP contribution < -0.4 is 10.6 Å². The van der Waals surface area contributed by atoms with Gasteiger partial charge in [-0.2, -0.15) is 0 Å². The van der Waals surface area contributed by atoms with Gasteiger partial charge in [-0.25, -0.2) is 4.79 Å².